The van der Waals surface area contributed by atoms with E-state index in [1.54, 1.807) is 24.3 Å². The van der Waals surface area contributed by atoms with Crippen LogP contribution in [0.5, 0.6) is 5.75 Å². The minimum atomic E-state index is -4.65. The van der Waals surface area contributed by atoms with E-state index in [-0.39, 0.29) is 35.2 Å². The van der Waals surface area contributed by atoms with Crippen molar-refractivity contribution in [2.24, 2.45) is 0 Å². The number of rotatable bonds is 6. The summed E-state index contributed by atoms with van der Waals surface area (Å²) in [5.41, 5.74) is -0.0805. The summed E-state index contributed by atoms with van der Waals surface area (Å²) in [6.07, 6.45) is -2.35. The van der Waals surface area contributed by atoms with Crippen molar-refractivity contribution in [3.05, 3.63) is 72.2 Å². The van der Waals surface area contributed by atoms with E-state index in [0.29, 0.717) is 35.6 Å². The predicted molar refractivity (Wildman–Crippen MR) is 129 cm³/mol. The van der Waals surface area contributed by atoms with Gasteiger partial charge < -0.3 is 14.8 Å². The smallest absolute Gasteiger partial charge is 0.434 e. The Morgan fingerprint density at radius 3 is 2.63 bits per heavy atom. The van der Waals surface area contributed by atoms with Crippen LogP contribution in [0.3, 0.4) is 0 Å². The number of aromatic nitrogens is 2. The molecular weight excluding hydrogens is 525 g/mol. The van der Waals surface area contributed by atoms with Gasteiger partial charge in [-0.05, 0) is 36.6 Å². The number of carbonyl (C=O) groups excluding carboxylic acids is 1. The number of carbonyl (C=O) groups is 1. The maximum absolute atomic E-state index is 13.3. The van der Waals surface area contributed by atoms with Crippen LogP contribution in [0, 0.1) is 0 Å². The number of fused-ring (bicyclic) bond motifs is 1. The van der Waals surface area contributed by atoms with Crippen LogP contribution in [-0.2, 0) is 27.5 Å². The second kappa shape index (κ2) is 9.72. The van der Waals surface area contributed by atoms with E-state index in [1.165, 1.54) is 24.3 Å². The zero-order chi connectivity index (χ0) is 27.1. The summed E-state index contributed by atoms with van der Waals surface area (Å²) >= 11 is 0. The van der Waals surface area contributed by atoms with Crippen LogP contribution in [0.15, 0.2) is 70.4 Å². The SMILES string of the molecule is O=C(NCc1ccc(O)c(-c2cnc(C(F)(F)F)cn2)c1)[C@@H]1CCCN1S(=O)(=O)c1cc2ccccc2o1. The topological polar surface area (TPSA) is 126 Å². The van der Waals surface area contributed by atoms with Crippen molar-refractivity contribution >= 4 is 26.9 Å². The second-order valence-corrected chi connectivity index (χ2v) is 10.6. The van der Waals surface area contributed by atoms with Crippen LogP contribution in [0.2, 0.25) is 0 Å². The monoisotopic (exact) mass is 546 g/mol. The second-order valence-electron chi connectivity index (χ2n) is 8.73. The Bertz CT molecular complexity index is 1570. The number of phenolic OH excluding ortho intramolecular Hbond substituents is 1. The lowest BCUT2D eigenvalue weighted by atomic mass is 10.1. The van der Waals surface area contributed by atoms with Gasteiger partial charge in [0.15, 0.2) is 5.69 Å². The quantitative estimate of drug-likeness (QED) is 0.373. The van der Waals surface area contributed by atoms with Gasteiger partial charge in [0.2, 0.25) is 11.0 Å². The number of hydrogen-bond donors (Lipinski definition) is 2. The Morgan fingerprint density at radius 2 is 1.92 bits per heavy atom. The first-order valence-electron chi connectivity index (χ1n) is 11.5. The number of alkyl halides is 3. The Labute approximate surface area is 215 Å². The molecule has 1 amide bonds. The number of para-hydroxylation sites is 1. The van der Waals surface area contributed by atoms with Gasteiger partial charge in [0.25, 0.3) is 10.0 Å². The van der Waals surface area contributed by atoms with Gasteiger partial charge in [-0.2, -0.15) is 17.5 Å². The van der Waals surface area contributed by atoms with E-state index in [1.807, 2.05) is 0 Å². The highest BCUT2D eigenvalue weighted by molar-refractivity contribution is 7.89. The molecule has 2 aromatic carbocycles. The Morgan fingerprint density at radius 1 is 1.13 bits per heavy atom. The highest BCUT2D eigenvalue weighted by Gasteiger charge is 2.41. The van der Waals surface area contributed by atoms with Crippen molar-refractivity contribution in [3.63, 3.8) is 0 Å². The molecule has 1 aliphatic heterocycles. The van der Waals surface area contributed by atoms with Gasteiger partial charge >= 0.3 is 6.18 Å². The maximum atomic E-state index is 13.3. The number of nitrogens with zero attached hydrogens (tertiary/aromatic N) is 3. The Balaban J connectivity index is 1.30. The lowest BCUT2D eigenvalue weighted by molar-refractivity contribution is -0.141. The van der Waals surface area contributed by atoms with Gasteiger partial charge in [0.05, 0.1) is 18.1 Å². The molecular formula is C25H21F3N4O5S. The molecule has 0 spiro atoms. The predicted octanol–water partition coefficient (Wildman–Crippen LogP) is 4.08. The lowest BCUT2D eigenvalue weighted by Crippen LogP contribution is -2.45. The number of amides is 1. The molecule has 3 heterocycles. The molecule has 9 nitrogen and oxygen atoms in total. The van der Waals surface area contributed by atoms with E-state index < -0.39 is 33.8 Å². The van der Waals surface area contributed by atoms with Crippen LogP contribution in [0.1, 0.15) is 24.1 Å². The summed E-state index contributed by atoms with van der Waals surface area (Å²) < 4.78 is 71.5. The van der Waals surface area contributed by atoms with Gasteiger partial charge in [0.1, 0.15) is 17.4 Å². The fourth-order valence-corrected chi connectivity index (χ4v) is 5.92. The summed E-state index contributed by atoms with van der Waals surface area (Å²) in [6.45, 7) is 0.141. The normalized spacial score (nSPS) is 16.7. The first-order valence-corrected chi connectivity index (χ1v) is 13.0. The average Bonchev–Trinajstić information content (AvgIpc) is 3.56. The number of hydrogen-bond acceptors (Lipinski definition) is 7. The van der Waals surface area contributed by atoms with Crippen molar-refractivity contribution in [1.82, 2.24) is 19.6 Å². The average molecular weight is 547 g/mol. The summed E-state index contributed by atoms with van der Waals surface area (Å²) in [6, 6.07) is 11.7. The summed E-state index contributed by atoms with van der Waals surface area (Å²) in [4.78, 5) is 20.1. The summed E-state index contributed by atoms with van der Waals surface area (Å²) in [5, 5.41) is 13.3. The van der Waals surface area contributed by atoms with Crippen LogP contribution in [0.25, 0.3) is 22.2 Å². The van der Waals surface area contributed by atoms with E-state index in [0.717, 1.165) is 10.5 Å². The minimum absolute atomic E-state index is 0.0163. The molecule has 1 saturated heterocycles. The highest BCUT2D eigenvalue weighted by Crippen LogP contribution is 2.32. The third-order valence-corrected chi connectivity index (χ3v) is 7.98. The number of furan rings is 1. The van der Waals surface area contributed by atoms with Gasteiger partial charge in [-0.1, -0.05) is 24.3 Å². The third kappa shape index (κ3) is 4.94. The van der Waals surface area contributed by atoms with Gasteiger partial charge in [-0.15, -0.1) is 0 Å². The molecule has 0 unspecified atom stereocenters. The zero-order valence-corrected chi connectivity index (χ0v) is 20.5. The molecule has 2 N–H and O–H groups in total. The largest absolute Gasteiger partial charge is 0.507 e. The van der Waals surface area contributed by atoms with Gasteiger partial charge in [-0.25, -0.2) is 13.4 Å². The molecule has 0 radical (unpaired) electrons. The molecule has 1 atom stereocenters. The first kappa shape index (κ1) is 25.7. The Kier molecular flexibility index (Phi) is 6.57. The minimum Gasteiger partial charge on any atom is -0.507 e. The molecule has 4 aromatic rings. The number of sulfonamides is 1. The Hall–Kier alpha value is -3.97. The lowest BCUT2D eigenvalue weighted by Gasteiger charge is -2.22. The van der Waals surface area contributed by atoms with Crippen molar-refractivity contribution < 1.29 is 35.9 Å². The fourth-order valence-electron chi connectivity index (χ4n) is 4.31. The number of phenols is 1. The molecule has 1 aliphatic rings. The molecule has 1 fully saturated rings. The molecule has 5 rings (SSSR count). The van der Waals surface area contributed by atoms with Crippen molar-refractivity contribution in [2.75, 3.05) is 6.54 Å². The van der Waals surface area contributed by atoms with E-state index >= 15 is 0 Å². The van der Waals surface area contributed by atoms with E-state index in [4.69, 9.17) is 4.42 Å². The first-order chi connectivity index (χ1) is 18.0. The van der Waals surface area contributed by atoms with Crippen LogP contribution >= 0.6 is 0 Å². The van der Waals surface area contributed by atoms with Crippen LogP contribution in [0.4, 0.5) is 13.2 Å². The van der Waals surface area contributed by atoms with Crippen LogP contribution in [-0.4, -0.2) is 46.3 Å². The van der Waals surface area contributed by atoms with Gasteiger partial charge in [-0.3, -0.25) is 9.78 Å². The molecule has 2 aromatic heterocycles. The van der Waals surface area contributed by atoms with Crippen molar-refractivity contribution in [3.8, 4) is 17.0 Å². The maximum Gasteiger partial charge on any atom is 0.434 e. The molecule has 0 aliphatic carbocycles. The molecule has 0 bridgehead atoms. The standard InChI is InChI=1S/C25H21F3N4O5S/c26-25(27,28)22-14-29-18(13-30-22)17-10-15(7-8-20(17)33)12-31-24(34)19-5-3-9-32(19)38(35,36)23-11-16-4-1-2-6-21(16)37-23/h1-2,4,6-8,10-11,13-14,19,33H,3,5,9,12H2,(H,31,34)/t19-/m0/s1. The molecule has 13 heteroatoms. The summed E-state index contributed by atoms with van der Waals surface area (Å²) in [7, 11) is -4.06. The van der Waals surface area contributed by atoms with Gasteiger partial charge in [0, 0.05) is 30.1 Å². The number of aromatic hydroxyl groups is 1. The van der Waals surface area contributed by atoms with E-state index in [2.05, 4.69) is 15.3 Å². The molecule has 38 heavy (non-hydrogen) atoms. The molecule has 0 saturated carbocycles. The highest BCUT2D eigenvalue weighted by atomic mass is 32.2. The van der Waals surface area contributed by atoms with Crippen molar-refractivity contribution in [2.45, 2.75) is 36.7 Å². The third-order valence-electron chi connectivity index (χ3n) is 6.22. The zero-order valence-electron chi connectivity index (χ0n) is 19.6. The fraction of sp³-hybridized carbons (Fsp3) is 0.240. The number of benzene rings is 2. The number of nitrogens with one attached hydrogen (secondary N) is 1. The molecule has 198 valence electrons. The summed E-state index contributed by atoms with van der Waals surface area (Å²) in [5.74, 6) is -0.737. The van der Waals surface area contributed by atoms with Crippen LogP contribution < -0.4 is 5.32 Å². The van der Waals surface area contributed by atoms with Crippen molar-refractivity contribution in [1.29, 1.82) is 0 Å². The number of halogens is 3. The van der Waals surface area contributed by atoms with E-state index in [9.17, 15) is 31.5 Å².